The first-order valence-corrected chi connectivity index (χ1v) is 6.33. The molecule has 1 N–H and O–H groups in total. The van der Waals surface area contributed by atoms with Crippen molar-refractivity contribution in [1.29, 1.82) is 0 Å². The van der Waals surface area contributed by atoms with Gasteiger partial charge in [0.15, 0.2) is 9.84 Å². The van der Waals surface area contributed by atoms with Crippen molar-refractivity contribution in [2.75, 3.05) is 13.4 Å². The zero-order valence-electron chi connectivity index (χ0n) is 9.13. The molecule has 0 heterocycles. The van der Waals surface area contributed by atoms with E-state index >= 15 is 0 Å². The van der Waals surface area contributed by atoms with Gasteiger partial charge >= 0.3 is 5.97 Å². The number of hydrogen-bond acceptors (Lipinski definition) is 5. The summed E-state index contributed by atoms with van der Waals surface area (Å²) in [4.78, 5) is 21.7. The number of rotatable bonds is 4. The van der Waals surface area contributed by atoms with E-state index in [1.807, 2.05) is 0 Å². The molecule has 0 amide bonds. The summed E-state index contributed by atoms with van der Waals surface area (Å²) in [6.45, 7) is 0. The van der Waals surface area contributed by atoms with E-state index in [4.69, 9.17) is 9.84 Å². The fourth-order valence-corrected chi connectivity index (χ4v) is 2.21. The van der Waals surface area contributed by atoms with Crippen LogP contribution in [0.4, 0.5) is 0 Å². The third kappa shape index (κ3) is 2.62. The summed E-state index contributed by atoms with van der Waals surface area (Å²) >= 11 is 0. The summed E-state index contributed by atoms with van der Waals surface area (Å²) < 4.78 is 27.7. The van der Waals surface area contributed by atoms with Crippen LogP contribution in [0.3, 0.4) is 0 Å². The van der Waals surface area contributed by atoms with Gasteiger partial charge in [-0.3, -0.25) is 4.79 Å². The normalized spacial score (nSPS) is 10.9. The second-order valence-corrected chi connectivity index (χ2v) is 5.22. The molecular weight excluding hydrogens is 248 g/mol. The molecule has 17 heavy (non-hydrogen) atoms. The van der Waals surface area contributed by atoms with Crippen molar-refractivity contribution in [3.63, 3.8) is 0 Å². The molecule has 1 aromatic carbocycles. The molecule has 0 aliphatic carbocycles. The minimum atomic E-state index is -3.71. The molecule has 0 aliphatic heterocycles. The van der Waals surface area contributed by atoms with Crippen molar-refractivity contribution < 1.29 is 27.9 Å². The van der Waals surface area contributed by atoms with Gasteiger partial charge in [-0.15, -0.1) is 0 Å². The van der Waals surface area contributed by atoms with Crippen molar-refractivity contribution in [3.05, 3.63) is 23.8 Å². The van der Waals surface area contributed by atoms with Crippen LogP contribution in [0.2, 0.25) is 0 Å². The molecule has 0 aliphatic rings. The zero-order valence-corrected chi connectivity index (χ0v) is 9.95. The lowest BCUT2D eigenvalue weighted by molar-refractivity contribution is -0.131. The molecule has 92 valence electrons. The van der Waals surface area contributed by atoms with Gasteiger partial charge in [0.25, 0.3) is 5.78 Å². The van der Waals surface area contributed by atoms with Crippen molar-refractivity contribution in [3.8, 4) is 5.75 Å². The average molecular weight is 258 g/mol. The number of carboxylic acid groups (broad SMARTS) is 1. The lowest BCUT2D eigenvalue weighted by Crippen LogP contribution is -2.17. The smallest absolute Gasteiger partial charge is 0.377 e. The molecule has 0 atom stereocenters. The highest BCUT2D eigenvalue weighted by Gasteiger charge is 2.27. The molecule has 7 heteroatoms. The monoisotopic (exact) mass is 258 g/mol. The Morgan fingerprint density at radius 1 is 1.29 bits per heavy atom. The van der Waals surface area contributed by atoms with Crippen LogP contribution in [0.25, 0.3) is 0 Å². The standard InChI is InChI=1S/C10H10O6S/c1-16-6-4-3-5-7(17(2,14)15)8(6)9(11)10(12)13/h3-5H,1-2H3,(H,12,13). The number of carbonyl (C=O) groups excluding carboxylic acids is 1. The molecule has 1 aromatic rings. The third-order valence-corrected chi connectivity index (χ3v) is 3.17. The number of carbonyl (C=O) groups is 2. The Balaban J connectivity index is 3.64. The second kappa shape index (κ2) is 4.54. The third-order valence-electron chi connectivity index (χ3n) is 2.03. The molecule has 1 rings (SSSR count). The van der Waals surface area contributed by atoms with Crippen LogP contribution in [-0.2, 0) is 14.6 Å². The summed E-state index contributed by atoms with van der Waals surface area (Å²) in [5.41, 5.74) is -0.454. The van der Waals surface area contributed by atoms with Crippen LogP contribution < -0.4 is 4.74 Å². The number of carboxylic acids is 1. The van der Waals surface area contributed by atoms with E-state index in [0.717, 1.165) is 12.3 Å². The second-order valence-electron chi connectivity index (χ2n) is 3.24. The minimum absolute atomic E-state index is 0.0830. The first-order chi connectivity index (χ1) is 7.79. The zero-order chi connectivity index (χ0) is 13.2. The maximum atomic E-state index is 11.4. The molecule has 0 saturated heterocycles. The Hall–Kier alpha value is -1.89. The average Bonchev–Trinajstić information content (AvgIpc) is 2.25. The molecule has 0 saturated carbocycles. The molecule has 0 aromatic heterocycles. The molecule has 0 fully saturated rings. The van der Waals surface area contributed by atoms with Crippen molar-refractivity contribution in [2.24, 2.45) is 0 Å². The van der Waals surface area contributed by atoms with E-state index < -0.39 is 27.2 Å². The van der Waals surface area contributed by atoms with Crippen LogP contribution in [0.5, 0.6) is 5.75 Å². The number of aliphatic carboxylic acids is 1. The van der Waals surface area contributed by atoms with Gasteiger partial charge in [0, 0.05) is 6.26 Å². The van der Waals surface area contributed by atoms with Crippen LogP contribution in [0, 0.1) is 0 Å². The Morgan fingerprint density at radius 3 is 2.29 bits per heavy atom. The molecule has 0 radical (unpaired) electrons. The Morgan fingerprint density at radius 2 is 1.88 bits per heavy atom. The summed E-state index contributed by atoms with van der Waals surface area (Å²) in [5.74, 6) is -3.14. The minimum Gasteiger partial charge on any atom is -0.496 e. The summed E-state index contributed by atoms with van der Waals surface area (Å²) in [5, 5.41) is 8.65. The van der Waals surface area contributed by atoms with Crippen LogP contribution in [-0.4, -0.2) is 38.6 Å². The number of methoxy groups -OCH3 is 1. The lowest BCUT2D eigenvalue weighted by Gasteiger charge is -2.09. The highest BCUT2D eigenvalue weighted by atomic mass is 32.2. The fourth-order valence-electron chi connectivity index (χ4n) is 1.32. The van der Waals surface area contributed by atoms with Crippen LogP contribution in [0.15, 0.2) is 23.1 Å². The fraction of sp³-hybridized carbons (Fsp3) is 0.200. The number of Topliss-reactive ketones (excluding diaryl/α,β-unsaturated/α-hetero) is 1. The van der Waals surface area contributed by atoms with Crippen molar-refractivity contribution >= 4 is 21.6 Å². The van der Waals surface area contributed by atoms with E-state index in [1.165, 1.54) is 19.2 Å². The van der Waals surface area contributed by atoms with Crippen LogP contribution in [0.1, 0.15) is 10.4 Å². The first-order valence-electron chi connectivity index (χ1n) is 4.43. The summed E-state index contributed by atoms with van der Waals surface area (Å²) in [6, 6.07) is 3.85. The molecule has 0 spiro atoms. The Bertz CT molecular complexity index is 572. The van der Waals surface area contributed by atoms with Gasteiger partial charge < -0.3 is 9.84 Å². The number of ketones is 1. The van der Waals surface area contributed by atoms with E-state index in [2.05, 4.69) is 0 Å². The Labute approximate surface area is 97.7 Å². The maximum absolute atomic E-state index is 11.4. The van der Waals surface area contributed by atoms with Gasteiger partial charge in [0.05, 0.1) is 17.6 Å². The van der Waals surface area contributed by atoms with Gasteiger partial charge in [0.2, 0.25) is 0 Å². The van der Waals surface area contributed by atoms with E-state index in [0.29, 0.717) is 0 Å². The van der Waals surface area contributed by atoms with Crippen molar-refractivity contribution in [1.82, 2.24) is 0 Å². The topological polar surface area (TPSA) is 97.7 Å². The van der Waals surface area contributed by atoms with Crippen LogP contribution >= 0.6 is 0 Å². The van der Waals surface area contributed by atoms with E-state index in [-0.39, 0.29) is 10.6 Å². The Kier molecular flexibility index (Phi) is 3.52. The SMILES string of the molecule is COc1cccc(S(C)(=O)=O)c1C(=O)C(=O)O. The summed E-state index contributed by atoms with van der Waals surface area (Å²) in [6.07, 6.45) is 0.889. The van der Waals surface area contributed by atoms with Gasteiger partial charge in [-0.25, -0.2) is 13.2 Å². The summed E-state index contributed by atoms with van der Waals surface area (Å²) in [7, 11) is -2.49. The number of hydrogen-bond donors (Lipinski definition) is 1. The molecule has 6 nitrogen and oxygen atoms in total. The number of ether oxygens (including phenoxy) is 1. The van der Waals surface area contributed by atoms with E-state index in [1.54, 1.807) is 0 Å². The highest BCUT2D eigenvalue weighted by molar-refractivity contribution is 7.90. The van der Waals surface area contributed by atoms with Crippen molar-refractivity contribution in [2.45, 2.75) is 4.90 Å². The highest BCUT2D eigenvalue weighted by Crippen LogP contribution is 2.26. The number of sulfone groups is 1. The van der Waals surface area contributed by atoms with Gasteiger partial charge in [0.1, 0.15) is 5.75 Å². The quantitative estimate of drug-likeness (QED) is 0.618. The lowest BCUT2D eigenvalue weighted by atomic mass is 10.1. The largest absolute Gasteiger partial charge is 0.496 e. The first kappa shape index (κ1) is 13.2. The predicted octanol–water partition coefficient (Wildman–Crippen LogP) is 0.366. The molecule has 0 unspecified atom stereocenters. The number of benzene rings is 1. The van der Waals surface area contributed by atoms with Gasteiger partial charge in [-0.05, 0) is 12.1 Å². The van der Waals surface area contributed by atoms with Gasteiger partial charge in [-0.2, -0.15) is 0 Å². The van der Waals surface area contributed by atoms with Gasteiger partial charge in [-0.1, -0.05) is 6.07 Å². The van der Waals surface area contributed by atoms with E-state index in [9.17, 15) is 18.0 Å². The predicted molar refractivity (Wildman–Crippen MR) is 58.1 cm³/mol. The molecule has 0 bridgehead atoms. The maximum Gasteiger partial charge on any atom is 0.377 e. The molecular formula is C10H10O6S.